The van der Waals surface area contributed by atoms with Crippen LogP contribution in [0.1, 0.15) is 11.5 Å². The monoisotopic (exact) mass is 336 g/mol. The summed E-state index contributed by atoms with van der Waals surface area (Å²) in [5.41, 5.74) is -0.0818. The van der Waals surface area contributed by atoms with E-state index < -0.39 is 16.1 Å². The van der Waals surface area contributed by atoms with Crippen molar-refractivity contribution >= 4 is 27.6 Å². The van der Waals surface area contributed by atoms with E-state index in [4.69, 9.17) is 8.94 Å². The minimum absolute atomic E-state index is 0.0367. The van der Waals surface area contributed by atoms with Crippen LogP contribution in [-0.4, -0.2) is 36.5 Å². The lowest BCUT2D eigenvalue weighted by Gasteiger charge is -2.22. The van der Waals surface area contributed by atoms with Crippen molar-refractivity contribution in [2.45, 2.75) is 6.92 Å². The van der Waals surface area contributed by atoms with Crippen LogP contribution < -0.4 is 5.32 Å². The van der Waals surface area contributed by atoms with Gasteiger partial charge in [0.1, 0.15) is 17.2 Å². The largest absolute Gasteiger partial charge is 0.463 e. The Balaban J connectivity index is 1.96. The van der Waals surface area contributed by atoms with Crippen LogP contribution in [-0.2, 0) is 15.0 Å². The van der Waals surface area contributed by atoms with Crippen molar-refractivity contribution < 1.29 is 22.2 Å². The van der Waals surface area contributed by atoms with Gasteiger partial charge < -0.3 is 14.3 Å². The summed E-state index contributed by atoms with van der Waals surface area (Å²) in [6.07, 6.45) is 2.71. The topological polar surface area (TPSA) is 118 Å². The number of aryl methyl sites for hydroxylation is 1. The van der Waals surface area contributed by atoms with E-state index in [9.17, 15) is 13.2 Å². The summed E-state index contributed by atoms with van der Waals surface area (Å²) in [6, 6.07) is 4.65. The average Bonchev–Trinajstić information content (AvgIpc) is 3.13. The van der Waals surface area contributed by atoms with Gasteiger partial charge in [0.15, 0.2) is 11.6 Å². The summed E-state index contributed by atoms with van der Waals surface area (Å²) in [5.74, 6) is 0.269. The fourth-order valence-electron chi connectivity index (χ4n) is 1.91. The molecule has 3 heterocycles. The minimum atomic E-state index is -4.03. The third-order valence-corrected chi connectivity index (χ3v) is 4.36. The van der Waals surface area contributed by atoms with Crippen molar-refractivity contribution in [3.63, 3.8) is 0 Å². The summed E-state index contributed by atoms with van der Waals surface area (Å²) in [6.45, 7) is 1.67. The van der Waals surface area contributed by atoms with Crippen molar-refractivity contribution in [3.8, 4) is 0 Å². The number of allylic oxidation sites excluding steroid dienone is 1. The fraction of sp³-hybridized carbons (Fsp3) is 0.154. The van der Waals surface area contributed by atoms with Gasteiger partial charge in [-0.05, 0) is 25.1 Å². The molecule has 0 aliphatic carbocycles. The summed E-state index contributed by atoms with van der Waals surface area (Å²) in [4.78, 5) is 12.3. The van der Waals surface area contributed by atoms with Crippen LogP contribution in [0.25, 0.3) is 0 Å². The number of hydrogen-bond acceptors (Lipinski definition) is 6. The van der Waals surface area contributed by atoms with Crippen LogP contribution in [0, 0.1) is 6.92 Å². The first kappa shape index (κ1) is 15.0. The zero-order valence-electron chi connectivity index (χ0n) is 12.2. The zero-order valence-corrected chi connectivity index (χ0v) is 13.0. The van der Waals surface area contributed by atoms with Gasteiger partial charge in [0.2, 0.25) is 0 Å². The molecule has 10 heteroatoms. The maximum atomic E-state index is 12.3. The van der Waals surface area contributed by atoms with E-state index in [1.165, 1.54) is 25.5 Å². The molecule has 2 aromatic rings. The SMILES string of the molecule is Cc1cc(NC(=O)C2=CC(c3ccco3)=NS(=O)(=O)N2C)no1. The van der Waals surface area contributed by atoms with E-state index in [2.05, 4.69) is 14.9 Å². The zero-order chi connectivity index (χ0) is 16.6. The molecule has 0 saturated heterocycles. The van der Waals surface area contributed by atoms with Gasteiger partial charge in [-0.2, -0.15) is 8.42 Å². The lowest BCUT2D eigenvalue weighted by Crippen LogP contribution is -2.35. The van der Waals surface area contributed by atoms with Crippen molar-refractivity contribution in [3.05, 3.63) is 47.8 Å². The first-order chi connectivity index (χ1) is 10.9. The molecule has 0 fully saturated rings. The van der Waals surface area contributed by atoms with Gasteiger partial charge in [-0.15, -0.1) is 4.40 Å². The standard InChI is InChI=1S/C13H12N4O5S/c1-8-6-12(15-22-8)14-13(18)10-7-9(11-4-3-5-21-11)16-23(19,20)17(10)2/h3-7H,1-2H3,(H,14,15,18). The Bertz CT molecular complexity index is 908. The van der Waals surface area contributed by atoms with Gasteiger partial charge in [0, 0.05) is 13.1 Å². The van der Waals surface area contributed by atoms with Crippen LogP contribution in [0.15, 0.2) is 49.6 Å². The number of hydrogen-bond donors (Lipinski definition) is 1. The van der Waals surface area contributed by atoms with Gasteiger partial charge in [-0.1, -0.05) is 5.16 Å². The molecule has 120 valence electrons. The number of carbonyl (C=O) groups excluding carboxylic acids is 1. The van der Waals surface area contributed by atoms with Gasteiger partial charge in [-0.3, -0.25) is 4.79 Å². The van der Waals surface area contributed by atoms with E-state index in [1.807, 2.05) is 0 Å². The quantitative estimate of drug-likeness (QED) is 0.896. The van der Waals surface area contributed by atoms with Gasteiger partial charge in [0.25, 0.3) is 5.91 Å². The summed E-state index contributed by atoms with van der Waals surface area (Å²) >= 11 is 0. The lowest BCUT2D eigenvalue weighted by molar-refractivity contribution is -0.113. The number of furan rings is 1. The van der Waals surface area contributed by atoms with Crippen LogP contribution in [0.4, 0.5) is 5.82 Å². The molecule has 0 saturated carbocycles. The minimum Gasteiger partial charge on any atom is -0.463 e. The Morgan fingerprint density at radius 2 is 2.17 bits per heavy atom. The highest BCUT2D eigenvalue weighted by Crippen LogP contribution is 2.21. The predicted octanol–water partition coefficient (Wildman–Crippen LogP) is 1.08. The number of aromatic nitrogens is 1. The fourth-order valence-corrected chi connectivity index (χ4v) is 2.81. The highest BCUT2D eigenvalue weighted by molar-refractivity contribution is 7.88. The molecule has 1 amide bonds. The van der Waals surface area contributed by atoms with E-state index in [1.54, 1.807) is 19.1 Å². The molecule has 0 unspecified atom stereocenters. The first-order valence-electron chi connectivity index (χ1n) is 6.46. The summed E-state index contributed by atoms with van der Waals surface area (Å²) in [5, 5.41) is 6.09. The molecule has 1 aliphatic heterocycles. The van der Waals surface area contributed by atoms with Gasteiger partial charge in [-0.25, -0.2) is 4.31 Å². The van der Waals surface area contributed by atoms with Crippen molar-refractivity contribution in [2.75, 3.05) is 12.4 Å². The maximum absolute atomic E-state index is 12.3. The van der Waals surface area contributed by atoms with E-state index in [0.717, 1.165) is 4.31 Å². The van der Waals surface area contributed by atoms with Crippen LogP contribution >= 0.6 is 0 Å². The lowest BCUT2D eigenvalue weighted by atomic mass is 10.2. The first-order valence-corrected chi connectivity index (χ1v) is 7.85. The van der Waals surface area contributed by atoms with Crippen molar-refractivity contribution in [1.82, 2.24) is 9.46 Å². The Morgan fingerprint density at radius 1 is 1.39 bits per heavy atom. The second-order valence-electron chi connectivity index (χ2n) is 4.71. The molecule has 0 spiro atoms. The van der Waals surface area contributed by atoms with E-state index >= 15 is 0 Å². The average molecular weight is 336 g/mol. The normalized spacial score (nSPS) is 16.7. The number of likely N-dealkylation sites (N-methyl/N-ethyl adjacent to an activating group) is 1. The second-order valence-corrected chi connectivity index (χ2v) is 6.33. The molecule has 0 radical (unpaired) electrons. The second kappa shape index (κ2) is 5.39. The van der Waals surface area contributed by atoms with Gasteiger partial charge >= 0.3 is 10.2 Å². The number of nitrogens with one attached hydrogen (secondary N) is 1. The smallest absolute Gasteiger partial charge is 0.345 e. The van der Waals surface area contributed by atoms with Crippen molar-refractivity contribution in [1.29, 1.82) is 0 Å². The Kier molecular flexibility index (Phi) is 3.52. The molecular formula is C13H12N4O5S. The summed E-state index contributed by atoms with van der Waals surface area (Å²) < 4.78 is 38.6. The van der Waals surface area contributed by atoms with Crippen molar-refractivity contribution in [2.24, 2.45) is 4.40 Å². The Hall–Kier alpha value is -2.88. The molecule has 0 atom stereocenters. The molecule has 1 aliphatic rings. The maximum Gasteiger partial charge on any atom is 0.345 e. The van der Waals surface area contributed by atoms with Crippen LogP contribution in [0.5, 0.6) is 0 Å². The molecule has 9 nitrogen and oxygen atoms in total. The molecule has 23 heavy (non-hydrogen) atoms. The molecule has 1 N–H and O–H groups in total. The molecular weight excluding hydrogens is 324 g/mol. The Labute approximate surface area is 131 Å². The number of amides is 1. The third kappa shape index (κ3) is 2.88. The highest BCUT2D eigenvalue weighted by Gasteiger charge is 2.31. The highest BCUT2D eigenvalue weighted by atomic mass is 32.2. The number of carbonyl (C=O) groups is 1. The van der Waals surface area contributed by atoms with Gasteiger partial charge in [0.05, 0.1) is 6.26 Å². The third-order valence-electron chi connectivity index (χ3n) is 3.05. The van der Waals surface area contributed by atoms with E-state index in [0.29, 0.717) is 5.76 Å². The summed E-state index contributed by atoms with van der Waals surface area (Å²) in [7, 11) is -2.80. The van der Waals surface area contributed by atoms with E-state index in [-0.39, 0.29) is 23.0 Å². The predicted molar refractivity (Wildman–Crippen MR) is 79.9 cm³/mol. The van der Waals surface area contributed by atoms with Crippen LogP contribution in [0.2, 0.25) is 0 Å². The molecule has 0 bridgehead atoms. The number of nitrogens with zero attached hydrogens (tertiary/aromatic N) is 3. The number of rotatable bonds is 3. The molecule has 2 aromatic heterocycles. The van der Waals surface area contributed by atoms with Crippen LogP contribution in [0.3, 0.4) is 0 Å². The molecule has 3 rings (SSSR count). The number of anilines is 1. The molecule has 0 aromatic carbocycles. The Morgan fingerprint density at radius 3 is 2.78 bits per heavy atom.